The molecule has 104 valence electrons. The Morgan fingerprint density at radius 1 is 0.765 bits per heavy atom. The number of hydrogen-bond donors (Lipinski definition) is 1. The summed E-state index contributed by atoms with van der Waals surface area (Å²) in [6, 6.07) is 0. The fourth-order valence-corrected chi connectivity index (χ4v) is 2.23. The highest BCUT2D eigenvalue weighted by atomic mass is 15.0. The van der Waals surface area contributed by atoms with E-state index in [9.17, 15) is 0 Å². The molecule has 0 unspecified atom stereocenters. The Labute approximate surface area is 108 Å². The van der Waals surface area contributed by atoms with Crippen LogP contribution in [0.1, 0.15) is 38.5 Å². The molecule has 0 heterocycles. The van der Waals surface area contributed by atoms with Gasteiger partial charge in [0.05, 0.1) is 0 Å². The Balaban J connectivity index is 3.71. The summed E-state index contributed by atoms with van der Waals surface area (Å²) >= 11 is 0. The Bertz CT molecular complexity index is 144. The topological polar surface area (TPSA) is 32.5 Å². The summed E-state index contributed by atoms with van der Waals surface area (Å²) in [5, 5.41) is 0. The maximum absolute atomic E-state index is 5.61. The summed E-state index contributed by atoms with van der Waals surface area (Å²) < 4.78 is 0. The van der Waals surface area contributed by atoms with E-state index in [-0.39, 0.29) is 0 Å². The quantitative estimate of drug-likeness (QED) is 0.603. The molecular weight excluding hydrogens is 210 g/mol. The Hall–Kier alpha value is -0.120. The maximum atomic E-state index is 5.61. The summed E-state index contributed by atoms with van der Waals surface area (Å²) in [6.45, 7) is 3.28. The second-order valence-electron chi connectivity index (χ2n) is 5.69. The molecule has 0 spiro atoms. The molecule has 0 amide bonds. The van der Waals surface area contributed by atoms with Crippen molar-refractivity contribution >= 4 is 0 Å². The van der Waals surface area contributed by atoms with Gasteiger partial charge in [0.25, 0.3) is 0 Å². The van der Waals surface area contributed by atoms with Crippen LogP contribution in [0.25, 0.3) is 0 Å². The first-order chi connectivity index (χ1) is 8.06. The van der Waals surface area contributed by atoms with E-state index in [0.717, 1.165) is 12.5 Å². The number of rotatable bonds is 11. The van der Waals surface area contributed by atoms with Crippen molar-refractivity contribution in [2.45, 2.75) is 38.5 Å². The van der Waals surface area contributed by atoms with Crippen LogP contribution in [-0.2, 0) is 0 Å². The van der Waals surface area contributed by atoms with Crippen molar-refractivity contribution in [2.24, 2.45) is 11.7 Å². The monoisotopic (exact) mass is 243 g/mol. The zero-order valence-electron chi connectivity index (χ0n) is 12.4. The van der Waals surface area contributed by atoms with Crippen LogP contribution in [0.4, 0.5) is 0 Å². The molecule has 17 heavy (non-hydrogen) atoms. The van der Waals surface area contributed by atoms with Crippen LogP contribution in [-0.4, -0.2) is 57.6 Å². The first-order valence-corrected chi connectivity index (χ1v) is 7.05. The lowest BCUT2D eigenvalue weighted by Gasteiger charge is -2.19. The average molecular weight is 243 g/mol. The molecule has 0 bridgehead atoms. The van der Waals surface area contributed by atoms with Crippen molar-refractivity contribution < 1.29 is 0 Å². The summed E-state index contributed by atoms with van der Waals surface area (Å²) in [5.41, 5.74) is 5.61. The van der Waals surface area contributed by atoms with Gasteiger partial charge in [-0.2, -0.15) is 0 Å². The van der Waals surface area contributed by atoms with Crippen molar-refractivity contribution in [2.75, 3.05) is 47.8 Å². The largest absolute Gasteiger partial charge is 0.330 e. The molecule has 0 radical (unpaired) electrons. The lowest BCUT2D eigenvalue weighted by Crippen LogP contribution is -2.17. The second kappa shape index (κ2) is 11.0. The average Bonchev–Trinajstić information content (AvgIpc) is 2.24. The van der Waals surface area contributed by atoms with Crippen molar-refractivity contribution in [3.8, 4) is 0 Å². The van der Waals surface area contributed by atoms with E-state index in [1.165, 1.54) is 51.6 Å². The van der Waals surface area contributed by atoms with Gasteiger partial charge in [0, 0.05) is 0 Å². The van der Waals surface area contributed by atoms with Gasteiger partial charge in [-0.25, -0.2) is 0 Å². The Morgan fingerprint density at radius 2 is 1.18 bits per heavy atom. The van der Waals surface area contributed by atoms with Gasteiger partial charge in [0.2, 0.25) is 0 Å². The van der Waals surface area contributed by atoms with Crippen LogP contribution in [0, 0.1) is 5.92 Å². The standard InChI is InChI=1S/C14H33N3/c1-16(2)12-6-9-14(8-5-11-15)10-7-13-17(3)4/h14H,5-13,15H2,1-4H3. The molecule has 3 heteroatoms. The molecule has 0 fully saturated rings. The molecule has 2 N–H and O–H groups in total. The molecule has 3 nitrogen and oxygen atoms in total. The highest BCUT2D eigenvalue weighted by molar-refractivity contribution is 4.62. The van der Waals surface area contributed by atoms with E-state index in [0.29, 0.717) is 0 Å². The molecule has 0 atom stereocenters. The van der Waals surface area contributed by atoms with Gasteiger partial charge in [-0.1, -0.05) is 0 Å². The molecule has 0 aliphatic carbocycles. The molecule has 0 rings (SSSR count). The minimum atomic E-state index is 0.845. The van der Waals surface area contributed by atoms with Crippen molar-refractivity contribution in [3.63, 3.8) is 0 Å². The normalized spacial score (nSPS) is 12.0. The minimum absolute atomic E-state index is 0.845. The number of nitrogens with two attached hydrogens (primary N) is 1. The van der Waals surface area contributed by atoms with Gasteiger partial charge in [0.1, 0.15) is 0 Å². The van der Waals surface area contributed by atoms with Crippen LogP contribution < -0.4 is 5.73 Å². The van der Waals surface area contributed by atoms with Crippen molar-refractivity contribution in [3.05, 3.63) is 0 Å². The van der Waals surface area contributed by atoms with E-state index in [4.69, 9.17) is 5.73 Å². The highest BCUT2D eigenvalue weighted by Crippen LogP contribution is 2.19. The van der Waals surface area contributed by atoms with Gasteiger partial charge in [0.15, 0.2) is 0 Å². The number of nitrogens with zero attached hydrogens (tertiary/aromatic N) is 2. The Kier molecular flexibility index (Phi) is 10.9. The summed E-state index contributed by atoms with van der Waals surface area (Å²) in [6.07, 6.45) is 7.89. The molecule has 0 aromatic rings. The van der Waals surface area contributed by atoms with E-state index >= 15 is 0 Å². The number of hydrogen-bond acceptors (Lipinski definition) is 3. The molecular formula is C14H33N3. The molecule has 0 saturated carbocycles. The van der Waals surface area contributed by atoms with Crippen LogP contribution in [0.3, 0.4) is 0 Å². The molecule has 0 aromatic carbocycles. The lowest BCUT2D eigenvalue weighted by molar-refractivity contribution is 0.319. The van der Waals surface area contributed by atoms with E-state index in [2.05, 4.69) is 38.0 Å². The van der Waals surface area contributed by atoms with Crippen LogP contribution in [0.5, 0.6) is 0 Å². The molecule has 0 aliphatic rings. The van der Waals surface area contributed by atoms with Gasteiger partial charge in [-0.05, 0) is 92.3 Å². The maximum Gasteiger partial charge on any atom is -0.00247 e. The first-order valence-electron chi connectivity index (χ1n) is 7.05. The third-order valence-electron chi connectivity index (χ3n) is 3.25. The summed E-state index contributed by atoms with van der Waals surface area (Å²) in [4.78, 5) is 4.56. The minimum Gasteiger partial charge on any atom is -0.330 e. The zero-order chi connectivity index (χ0) is 13.1. The third kappa shape index (κ3) is 12.1. The van der Waals surface area contributed by atoms with E-state index in [1.54, 1.807) is 0 Å². The lowest BCUT2D eigenvalue weighted by atomic mass is 9.92. The highest BCUT2D eigenvalue weighted by Gasteiger charge is 2.08. The second-order valence-corrected chi connectivity index (χ2v) is 5.69. The van der Waals surface area contributed by atoms with Crippen molar-refractivity contribution in [1.29, 1.82) is 0 Å². The van der Waals surface area contributed by atoms with Gasteiger partial charge < -0.3 is 15.5 Å². The SMILES string of the molecule is CN(C)CCCC(CCCN)CCCN(C)C. The van der Waals surface area contributed by atoms with Crippen LogP contribution in [0.2, 0.25) is 0 Å². The molecule has 0 aromatic heterocycles. The smallest absolute Gasteiger partial charge is 0.00247 e. The fourth-order valence-electron chi connectivity index (χ4n) is 2.23. The summed E-state index contributed by atoms with van der Waals surface area (Å²) in [7, 11) is 8.61. The molecule has 0 aliphatic heterocycles. The molecule has 0 saturated heterocycles. The van der Waals surface area contributed by atoms with E-state index in [1.807, 2.05) is 0 Å². The predicted octanol–water partition coefficient (Wildman–Crippen LogP) is 2.03. The third-order valence-corrected chi connectivity index (χ3v) is 3.25. The predicted molar refractivity (Wildman–Crippen MR) is 77.4 cm³/mol. The van der Waals surface area contributed by atoms with Crippen LogP contribution in [0.15, 0.2) is 0 Å². The summed E-state index contributed by atoms with van der Waals surface area (Å²) in [5.74, 6) is 0.887. The van der Waals surface area contributed by atoms with Gasteiger partial charge in [-0.3, -0.25) is 0 Å². The fraction of sp³-hybridized carbons (Fsp3) is 1.00. The van der Waals surface area contributed by atoms with Crippen LogP contribution >= 0.6 is 0 Å². The van der Waals surface area contributed by atoms with Gasteiger partial charge in [-0.15, -0.1) is 0 Å². The zero-order valence-corrected chi connectivity index (χ0v) is 12.4. The van der Waals surface area contributed by atoms with Gasteiger partial charge >= 0.3 is 0 Å². The van der Waals surface area contributed by atoms with E-state index < -0.39 is 0 Å². The first kappa shape index (κ1) is 16.9. The Morgan fingerprint density at radius 3 is 1.53 bits per heavy atom. The van der Waals surface area contributed by atoms with Crippen molar-refractivity contribution in [1.82, 2.24) is 9.80 Å².